The summed E-state index contributed by atoms with van der Waals surface area (Å²) in [6.45, 7) is 11.6. The highest BCUT2D eigenvalue weighted by Crippen LogP contribution is 2.37. The second-order valence-corrected chi connectivity index (χ2v) is 6.13. The first-order valence-corrected chi connectivity index (χ1v) is 8.82. The van der Waals surface area contributed by atoms with E-state index in [1.165, 1.54) is 44.1 Å². The number of nitrogens with zero attached hydrogens (tertiary/aromatic N) is 1. The minimum atomic E-state index is 0.672. The maximum Gasteiger partial charge on any atom is 0.0343 e. The zero-order valence-electron chi connectivity index (χ0n) is 14.7. The molecule has 1 aromatic heterocycles. The number of allylic oxidation sites excluding steroid dienone is 2. The molecule has 0 aliphatic carbocycles. The minimum Gasteiger partial charge on any atom is -0.264 e. The van der Waals surface area contributed by atoms with E-state index in [-0.39, 0.29) is 0 Å². The molecule has 0 aliphatic rings. The SMILES string of the molecule is CCCC(=C(c1cccnc1)C(CC)CCC)C(C)CC. The van der Waals surface area contributed by atoms with Crippen molar-refractivity contribution in [3.63, 3.8) is 0 Å². The average molecular weight is 287 g/mol. The van der Waals surface area contributed by atoms with Gasteiger partial charge in [0.15, 0.2) is 0 Å². The van der Waals surface area contributed by atoms with Crippen LogP contribution in [0.15, 0.2) is 30.1 Å². The lowest BCUT2D eigenvalue weighted by Gasteiger charge is -2.26. The fraction of sp³-hybridized carbons (Fsp3) is 0.650. The van der Waals surface area contributed by atoms with Crippen LogP contribution in [-0.4, -0.2) is 4.98 Å². The maximum absolute atomic E-state index is 4.38. The summed E-state index contributed by atoms with van der Waals surface area (Å²) in [5.41, 5.74) is 4.62. The van der Waals surface area contributed by atoms with Gasteiger partial charge in [-0.2, -0.15) is 0 Å². The summed E-state index contributed by atoms with van der Waals surface area (Å²) in [5.74, 6) is 1.35. The minimum absolute atomic E-state index is 0.672. The molecule has 0 radical (unpaired) electrons. The van der Waals surface area contributed by atoms with Gasteiger partial charge in [-0.15, -0.1) is 0 Å². The third-order valence-corrected chi connectivity index (χ3v) is 4.58. The first-order valence-electron chi connectivity index (χ1n) is 8.82. The van der Waals surface area contributed by atoms with Crippen molar-refractivity contribution in [2.45, 2.75) is 73.1 Å². The fourth-order valence-corrected chi connectivity index (χ4v) is 3.27. The second kappa shape index (κ2) is 9.76. The Bertz CT molecular complexity index is 419. The molecule has 1 nitrogen and oxygen atoms in total. The van der Waals surface area contributed by atoms with Crippen LogP contribution >= 0.6 is 0 Å². The van der Waals surface area contributed by atoms with Gasteiger partial charge in [0.1, 0.15) is 0 Å². The molecule has 118 valence electrons. The molecule has 1 rings (SSSR count). The summed E-state index contributed by atoms with van der Waals surface area (Å²) in [5, 5.41) is 0. The molecule has 0 spiro atoms. The summed E-state index contributed by atoms with van der Waals surface area (Å²) in [4.78, 5) is 4.38. The van der Waals surface area contributed by atoms with Crippen LogP contribution in [0.1, 0.15) is 78.7 Å². The van der Waals surface area contributed by atoms with Crippen LogP contribution < -0.4 is 0 Å². The van der Waals surface area contributed by atoms with E-state index in [2.05, 4.69) is 57.9 Å². The number of pyridine rings is 1. The Morgan fingerprint density at radius 1 is 1.10 bits per heavy atom. The van der Waals surface area contributed by atoms with Gasteiger partial charge >= 0.3 is 0 Å². The van der Waals surface area contributed by atoms with Crippen molar-refractivity contribution in [2.24, 2.45) is 11.8 Å². The normalized spacial score (nSPS) is 15.5. The van der Waals surface area contributed by atoms with Gasteiger partial charge < -0.3 is 0 Å². The Morgan fingerprint density at radius 2 is 1.86 bits per heavy atom. The van der Waals surface area contributed by atoms with Gasteiger partial charge in [0, 0.05) is 12.4 Å². The van der Waals surface area contributed by atoms with E-state index in [4.69, 9.17) is 0 Å². The molecule has 0 saturated heterocycles. The lowest BCUT2D eigenvalue weighted by Crippen LogP contribution is -2.10. The summed E-state index contributed by atoms with van der Waals surface area (Å²) in [7, 11) is 0. The number of rotatable bonds is 9. The van der Waals surface area contributed by atoms with Crippen molar-refractivity contribution in [2.75, 3.05) is 0 Å². The van der Waals surface area contributed by atoms with E-state index < -0.39 is 0 Å². The molecular weight excluding hydrogens is 254 g/mol. The highest BCUT2D eigenvalue weighted by atomic mass is 14.6. The van der Waals surface area contributed by atoms with Gasteiger partial charge in [-0.1, -0.05) is 59.1 Å². The molecule has 2 atom stereocenters. The van der Waals surface area contributed by atoms with E-state index in [1.54, 1.807) is 11.1 Å². The monoisotopic (exact) mass is 287 g/mol. The molecule has 0 aromatic carbocycles. The third-order valence-electron chi connectivity index (χ3n) is 4.58. The molecule has 1 aromatic rings. The van der Waals surface area contributed by atoms with Gasteiger partial charge in [-0.05, 0) is 54.7 Å². The molecule has 0 N–H and O–H groups in total. The second-order valence-electron chi connectivity index (χ2n) is 6.13. The highest BCUT2D eigenvalue weighted by Gasteiger charge is 2.20. The number of hydrogen-bond acceptors (Lipinski definition) is 1. The van der Waals surface area contributed by atoms with Crippen molar-refractivity contribution in [1.29, 1.82) is 0 Å². The van der Waals surface area contributed by atoms with Gasteiger partial charge in [0.2, 0.25) is 0 Å². The molecule has 2 unspecified atom stereocenters. The molecule has 0 bridgehead atoms. The van der Waals surface area contributed by atoms with Gasteiger partial charge in [-0.25, -0.2) is 0 Å². The molecule has 0 amide bonds. The summed E-state index contributed by atoms with van der Waals surface area (Å²) in [6.07, 6.45) is 11.4. The number of hydrogen-bond donors (Lipinski definition) is 0. The summed E-state index contributed by atoms with van der Waals surface area (Å²) >= 11 is 0. The van der Waals surface area contributed by atoms with Crippen molar-refractivity contribution < 1.29 is 0 Å². The fourth-order valence-electron chi connectivity index (χ4n) is 3.27. The standard InChI is InChI=1S/C20H33N/c1-6-11-17(9-4)20(18-13-10-14-21-15-18)19(12-7-2)16(5)8-3/h10,13-17H,6-9,11-12H2,1-5H3. The van der Waals surface area contributed by atoms with Crippen LogP contribution in [-0.2, 0) is 0 Å². The Morgan fingerprint density at radius 3 is 2.33 bits per heavy atom. The molecular formula is C20H33N. The zero-order valence-corrected chi connectivity index (χ0v) is 14.7. The van der Waals surface area contributed by atoms with Crippen molar-refractivity contribution in [3.8, 4) is 0 Å². The van der Waals surface area contributed by atoms with E-state index in [0.717, 1.165) is 0 Å². The van der Waals surface area contributed by atoms with Gasteiger partial charge in [0.25, 0.3) is 0 Å². The molecule has 0 fully saturated rings. The maximum atomic E-state index is 4.38. The number of aromatic nitrogens is 1. The third kappa shape index (κ3) is 4.98. The van der Waals surface area contributed by atoms with Crippen LogP contribution in [0, 0.1) is 11.8 Å². The van der Waals surface area contributed by atoms with Crippen molar-refractivity contribution in [3.05, 3.63) is 35.7 Å². The topological polar surface area (TPSA) is 12.9 Å². The quantitative estimate of drug-likeness (QED) is 0.504. The van der Waals surface area contributed by atoms with E-state index in [1.807, 2.05) is 6.20 Å². The molecule has 1 heterocycles. The van der Waals surface area contributed by atoms with Crippen molar-refractivity contribution >= 4 is 5.57 Å². The Balaban J connectivity index is 3.38. The average Bonchev–Trinajstić information content (AvgIpc) is 2.53. The largest absolute Gasteiger partial charge is 0.264 e. The van der Waals surface area contributed by atoms with E-state index in [9.17, 15) is 0 Å². The Labute approximate surface area is 131 Å². The van der Waals surface area contributed by atoms with Crippen LogP contribution in [0.25, 0.3) is 5.57 Å². The van der Waals surface area contributed by atoms with Crippen molar-refractivity contribution in [1.82, 2.24) is 4.98 Å². The highest BCUT2D eigenvalue weighted by molar-refractivity contribution is 5.70. The molecule has 0 saturated carbocycles. The lowest BCUT2D eigenvalue weighted by molar-refractivity contribution is 0.554. The van der Waals surface area contributed by atoms with Crippen LogP contribution in [0.5, 0.6) is 0 Å². The van der Waals surface area contributed by atoms with Crippen LogP contribution in [0.2, 0.25) is 0 Å². The van der Waals surface area contributed by atoms with Gasteiger partial charge in [0.05, 0.1) is 0 Å². The van der Waals surface area contributed by atoms with E-state index in [0.29, 0.717) is 11.8 Å². The molecule has 0 aliphatic heterocycles. The lowest BCUT2D eigenvalue weighted by atomic mass is 9.79. The summed E-state index contributed by atoms with van der Waals surface area (Å²) < 4.78 is 0. The van der Waals surface area contributed by atoms with Crippen LogP contribution in [0.3, 0.4) is 0 Å². The molecule has 1 heteroatoms. The van der Waals surface area contributed by atoms with E-state index >= 15 is 0 Å². The first-order chi connectivity index (χ1) is 10.2. The smallest absolute Gasteiger partial charge is 0.0343 e. The predicted molar refractivity (Wildman–Crippen MR) is 94.2 cm³/mol. The molecule has 21 heavy (non-hydrogen) atoms. The Hall–Kier alpha value is -1.11. The van der Waals surface area contributed by atoms with Gasteiger partial charge in [-0.3, -0.25) is 4.98 Å². The predicted octanol–water partition coefficient (Wildman–Crippen LogP) is 6.51. The first kappa shape index (κ1) is 17.9. The van der Waals surface area contributed by atoms with Crippen LogP contribution in [0.4, 0.5) is 0 Å². The summed E-state index contributed by atoms with van der Waals surface area (Å²) in [6, 6.07) is 4.33. The Kier molecular flexibility index (Phi) is 8.34. The zero-order chi connectivity index (χ0) is 15.7.